The maximum absolute atomic E-state index is 11.9. The Hall–Kier alpha value is -2.15. The molecule has 0 spiro atoms. The summed E-state index contributed by atoms with van der Waals surface area (Å²) in [5.74, 6) is 0.0907. The molecular formula is C13H19N3O4. The van der Waals surface area contributed by atoms with Crippen molar-refractivity contribution in [3.63, 3.8) is 0 Å². The SMILES string of the molecule is CCN(CC)CC(=O)Nc1ccc([N+](=O)[O-])cc1OC. The van der Waals surface area contributed by atoms with E-state index in [-0.39, 0.29) is 23.9 Å². The summed E-state index contributed by atoms with van der Waals surface area (Å²) in [4.78, 5) is 24.0. The average molecular weight is 281 g/mol. The van der Waals surface area contributed by atoms with E-state index >= 15 is 0 Å². The van der Waals surface area contributed by atoms with Gasteiger partial charge in [-0.1, -0.05) is 13.8 Å². The highest BCUT2D eigenvalue weighted by Gasteiger charge is 2.14. The highest BCUT2D eigenvalue weighted by molar-refractivity contribution is 5.93. The summed E-state index contributed by atoms with van der Waals surface area (Å²) < 4.78 is 5.06. The third-order valence-electron chi connectivity index (χ3n) is 2.93. The zero-order valence-electron chi connectivity index (χ0n) is 11.9. The molecule has 0 aromatic heterocycles. The van der Waals surface area contributed by atoms with Crippen LogP contribution < -0.4 is 10.1 Å². The van der Waals surface area contributed by atoms with E-state index in [9.17, 15) is 14.9 Å². The van der Waals surface area contributed by atoms with E-state index in [2.05, 4.69) is 5.32 Å². The Balaban J connectivity index is 2.81. The van der Waals surface area contributed by atoms with Crippen molar-refractivity contribution in [1.82, 2.24) is 4.90 Å². The highest BCUT2D eigenvalue weighted by Crippen LogP contribution is 2.28. The van der Waals surface area contributed by atoms with Gasteiger partial charge in [-0.3, -0.25) is 19.8 Å². The monoisotopic (exact) mass is 281 g/mol. The van der Waals surface area contributed by atoms with Crippen molar-refractivity contribution in [1.29, 1.82) is 0 Å². The predicted molar refractivity (Wildman–Crippen MR) is 76.1 cm³/mol. The zero-order chi connectivity index (χ0) is 15.1. The third kappa shape index (κ3) is 4.20. The number of likely N-dealkylation sites (N-methyl/N-ethyl adjacent to an activating group) is 1. The van der Waals surface area contributed by atoms with Gasteiger partial charge in [0.25, 0.3) is 5.69 Å². The molecular weight excluding hydrogens is 262 g/mol. The van der Waals surface area contributed by atoms with Crippen LogP contribution in [0.1, 0.15) is 13.8 Å². The van der Waals surface area contributed by atoms with Crippen molar-refractivity contribution < 1.29 is 14.5 Å². The number of carbonyl (C=O) groups is 1. The molecule has 0 fully saturated rings. The lowest BCUT2D eigenvalue weighted by Crippen LogP contribution is -2.33. The lowest BCUT2D eigenvalue weighted by molar-refractivity contribution is -0.384. The maximum atomic E-state index is 11.9. The second kappa shape index (κ2) is 7.44. The molecule has 0 saturated carbocycles. The molecule has 1 amide bonds. The van der Waals surface area contributed by atoms with Crippen molar-refractivity contribution in [2.45, 2.75) is 13.8 Å². The number of hydrogen-bond donors (Lipinski definition) is 1. The van der Waals surface area contributed by atoms with Crippen molar-refractivity contribution >= 4 is 17.3 Å². The minimum Gasteiger partial charge on any atom is -0.494 e. The lowest BCUT2D eigenvalue weighted by Gasteiger charge is -2.17. The molecule has 0 bridgehead atoms. The van der Waals surface area contributed by atoms with Crippen molar-refractivity contribution in [2.24, 2.45) is 0 Å². The number of ether oxygens (including phenoxy) is 1. The van der Waals surface area contributed by atoms with E-state index < -0.39 is 4.92 Å². The Kier molecular flexibility index (Phi) is 5.92. The van der Waals surface area contributed by atoms with Crippen LogP contribution in [0.3, 0.4) is 0 Å². The van der Waals surface area contributed by atoms with Gasteiger partial charge in [0.1, 0.15) is 5.75 Å². The second-order valence-corrected chi connectivity index (χ2v) is 4.15. The fourth-order valence-corrected chi connectivity index (χ4v) is 1.74. The largest absolute Gasteiger partial charge is 0.494 e. The van der Waals surface area contributed by atoms with Gasteiger partial charge >= 0.3 is 0 Å². The van der Waals surface area contributed by atoms with Crippen molar-refractivity contribution in [2.75, 3.05) is 32.1 Å². The number of nitro benzene ring substituents is 1. The quantitative estimate of drug-likeness (QED) is 0.609. The van der Waals surface area contributed by atoms with Gasteiger partial charge < -0.3 is 10.1 Å². The third-order valence-corrected chi connectivity index (χ3v) is 2.93. The number of rotatable bonds is 7. The number of benzene rings is 1. The van der Waals surface area contributed by atoms with Gasteiger partial charge in [0.05, 0.1) is 30.3 Å². The van der Waals surface area contributed by atoms with E-state index in [1.54, 1.807) is 0 Å². The fourth-order valence-electron chi connectivity index (χ4n) is 1.74. The van der Waals surface area contributed by atoms with Gasteiger partial charge in [-0.2, -0.15) is 0 Å². The van der Waals surface area contributed by atoms with Gasteiger partial charge in [-0.05, 0) is 19.2 Å². The minimum absolute atomic E-state index is 0.0800. The van der Waals surface area contributed by atoms with Crippen molar-refractivity contribution in [3.05, 3.63) is 28.3 Å². The van der Waals surface area contributed by atoms with E-state index in [1.165, 1.54) is 25.3 Å². The van der Waals surface area contributed by atoms with E-state index in [4.69, 9.17) is 4.74 Å². The van der Waals surface area contributed by atoms with E-state index in [1.807, 2.05) is 18.7 Å². The Morgan fingerprint density at radius 3 is 2.55 bits per heavy atom. The number of nitrogens with zero attached hydrogens (tertiary/aromatic N) is 2. The van der Waals surface area contributed by atoms with Gasteiger partial charge in [-0.25, -0.2) is 0 Å². The van der Waals surface area contributed by atoms with Gasteiger partial charge in [0, 0.05) is 6.07 Å². The molecule has 0 heterocycles. The summed E-state index contributed by atoms with van der Waals surface area (Å²) in [5.41, 5.74) is 0.346. The van der Waals surface area contributed by atoms with Crippen LogP contribution in [-0.4, -0.2) is 42.5 Å². The first-order valence-corrected chi connectivity index (χ1v) is 6.36. The topological polar surface area (TPSA) is 84.7 Å². The van der Waals surface area contributed by atoms with Crippen LogP contribution in [0.4, 0.5) is 11.4 Å². The number of nitro groups is 1. The molecule has 110 valence electrons. The van der Waals surface area contributed by atoms with Crippen LogP contribution in [0.15, 0.2) is 18.2 Å². The first-order valence-electron chi connectivity index (χ1n) is 6.36. The molecule has 1 aromatic carbocycles. The van der Waals surface area contributed by atoms with Crippen LogP contribution in [0, 0.1) is 10.1 Å². The van der Waals surface area contributed by atoms with E-state index in [0.717, 1.165) is 13.1 Å². The Labute approximate surface area is 117 Å². The molecule has 0 atom stereocenters. The molecule has 0 radical (unpaired) electrons. The van der Waals surface area contributed by atoms with Crippen LogP contribution in [0.25, 0.3) is 0 Å². The van der Waals surface area contributed by atoms with Gasteiger partial charge in [0.2, 0.25) is 5.91 Å². The lowest BCUT2D eigenvalue weighted by atomic mass is 10.2. The molecule has 0 unspecified atom stereocenters. The normalized spacial score (nSPS) is 10.4. The van der Waals surface area contributed by atoms with Crippen LogP contribution in [-0.2, 0) is 4.79 Å². The molecule has 0 saturated heterocycles. The zero-order valence-corrected chi connectivity index (χ0v) is 11.9. The first kappa shape index (κ1) is 15.9. The van der Waals surface area contributed by atoms with Gasteiger partial charge in [-0.15, -0.1) is 0 Å². The molecule has 0 aliphatic heterocycles. The maximum Gasteiger partial charge on any atom is 0.273 e. The first-order chi connectivity index (χ1) is 9.51. The van der Waals surface area contributed by atoms with Gasteiger partial charge in [0.15, 0.2) is 0 Å². The Morgan fingerprint density at radius 1 is 1.40 bits per heavy atom. The van der Waals surface area contributed by atoms with Crippen LogP contribution in [0.2, 0.25) is 0 Å². The summed E-state index contributed by atoms with van der Waals surface area (Å²) in [6.45, 7) is 5.78. The molecule has 7 heteroatoms. The summed E-state index contributed by atoms with van der Waals surface area (Å²) in [6.07, 6.45) is 0. The molecule has 1 aromatic rings. The molecule has 0 aliphatic rings. The van der Waals surface area contributed by atoms with E-state index in [0.29, 0.717) is 5.69 Å². The standard InChI is InChI=1S/C13H19N3O4/c1-4-15(5-2)9-13(17)14-11-7-6-10(16(18)19)8-12(11)20-3/h6-8H,4-5,9H2,1-3H3,(H,14,17). The molecule has 1 N–H and O–H groups in total. The summed E-state index contributed by atoms with van der Waals surface area (Å²) >= 11 is 0. The predicted octanol–water partition coefficient (Wildman–Crippen LogP) is 1.88. The minimum atomic E-state index is -0.510. The average Bonchev–Trinajstić information content (AvgIpc) is 2.44. The summed E-state index contributed by atoms with van der Waals surface area (Å²) in [7, 11) is 1.40. The summed E-state index contributed by atoms with van der Waals surface area (Å²) in [6, 6.07) is 4.08. The number of anilines is 1. The molecule has 1 rings (SSSR count). The number of non-ortho nitro benzene ring substituents is 1. The molecule has 7 nitrogen and oxygen atoms in total. The second-order valence-electron chi connectivity index (χ2n) is 4.15. The Morgan fingerprint density at radius 2 is 2.05 bits per heavy atom. The summed E-state index contributed by atoms with van der Waals surface area (Å²) in [5, 5.41) is 13.4. The smallest absolute Gasteiger partial charge is 0.273 e. The number of nitrogens with one attached hydrogen (secondary N) is 1. The molecule has 20 heavy (non-hydrogen) atoms. The molecule has 0 aliphatic carbocycles. The number of carbonyl (C=O) groups excluding carboxylic acids is 1. The highest BCUT2D eigenvalue weighted by atomic mass is 16.6. The van der Waals surface area contributed by atoms with Crippen LogP contribution >= 0.6 is 0 Å². The number of methoxy groups -OCH3 is 1. The Bertz CT molecular complexity index is 487. The fraction of sp³-hybridized carbons (Fsp3) is 0.462. The number of hydrogen-bond acceptors (Lipinski definition) is 5. The van der Waals surface area contributed by atoms with Crippen LogP contribution in [0.5, 0.6) is 5.75 Å². The van der Waals surface area contributed by atoms with Crippen molar-refractivity contribution in [3.8, 4) is 5.75 Å². The number of amides is 1.